The molecule has 6 rings (SSSR count). The minimum absolute atomic E-state index is 0.0743. The van der Waals surface area contributed by atoms with Gasteiger partial charge in [-0.15, -0.1) is 0 Å². The lowest BCUT2D eigenvalue weighted by Crippen LogP contribution is -2.36. The number of ether oxygens (including phenoxy) is 1. The molecule has 3 aromatic heterocycles. The first-order chi connectivity index (χ1) is 19.0. The molecule has 0 atom stereocenters. The van der Waals surface area contributed by atoms with E-state index in [2.05, 4.69) is 22.0 Å². The van der Waals surface area contributed by atoms with Crippen molar-refractivity contribution in [3.8, 4) is 0 Å². The number of morpholine rings is 1. The molecule has 0 amide bonds. The Bertz CT molecular complexity index is 1770. The van der Waals surface area contributed by atoms with Crippen LogP contribution in [0.1, 0.15) is 11.3 Å². The van der Waals surface area contributed by atoms with Crippen LogP contribution in [0.25, 0.3) is 16.6 Å². The number of hydrogen-bond acceptors (Lipinski definition) is 7. The Balaban J connectivity index is 1.35. The van der Waals surface area contributed by atoms with Gasteiger partial charge in [0.25, 0.3) is 11.1 Å². The number of hydrogen-bond donors (Lipinski definition) is 0. The van der Waals surface area contributed by atoms with E-state index in [1.165, 1.54) is 22.2 Å². The van der Waals surface area contributed by atoms with Crippen molar-refractivity contribution in [3.05, 3.63) is 110 Å². The van der Waals surface area contributed by atoms with Crippen LogP contribution in [-0.4, -0.2) is 45.2 Å². The predicted molar refractivity (Wildman–Crippen MR) is 155 cm³/mol. The maximum atomic E-state index is 13.9. The summed E-state index contributed by atoms with van der Waals surface area (Å²) in [5, 5.41) is 1.66. The molecule has 0 unspecified atom stereocenters. The Morgan fingerprint density at radius 1 is 0.949 bits per heavy atom. The summed E-state index contributed by atoms with van der Waals surface area (Å²) in [6.45, 7) is 3.42. The summed E-state index contributed by atoms with van der Waals surface area (Å²) < 4.78 is 8.66. The molecule has 39 heavy (non-hydrogen) atoms. The average molecular weight is 560 g/mol. The van der Waals surface area contributed by atoms with Crippen LogP contribution < -0.4 is 16.0 Å². The Morgan fingerprint density at radius 3 is 2.59 bits per heavy atom. The number of aromatic nitrogens is 4. The van der Waals surface area contributed by atoms with Gasteiger partial charge in [0.1, 0.15) is 5.65 Å². The Labute approximate surface area is 233 Å². The van der Waals surface area contributed by atoms with Crippen LogP contribution in [0.3, 0.4) is 0 Å². The van der Waals surface area contributed by atoms with E-state index in [1.807, 2.05) is 36.4 Å². The second kappa shape index (κ2) is 11.2. The summed E-state index contributed by atoms with van der Waals surface area (Å²) in [5.74, 6) is 0.392. The van der Waals surface area contributed by atoms with Gasteiger partial charge >= 0.3 is 0 Å². The molecule has 0 radical (unpaired) electrons. The number of thioether (sulfide) groups is 1. The molecule has 0 spiro atoms. The molecule has 1 aliphatic heterocycles. The minimum Gasteiger partial charge on any atom is -0.378 e. The van der Waals surface area contributed by atoms with Crippen molar-refractivity contribution < 1.29 is 4.74 Å². The van der Waals surface area contributed by atoms with Crippen molar-refractivity contribution in [1.82, 2.24) is 18.9 Å². The van der Waals surface area contributed by atoms with Crippen molar-refractivity contribution in [2.24, 2.45) is 0 Å². The largest absolute Gasteiger partial charge is 0.378 e. The van der Waals surface area contributed by atoms with Crippen LogP contribution in [0.2, 0.25) is 5.02 Å². The standard InChI is InChI=1S/C29H26ClN5O3S/c30-21-6-9-26-31-22(16-27(36)35(26)18-21)19-39-29-32-25-8-7-23(33-12-14-38-15-13-33)17-24(25)28(37)34(29)11-10-20-4-2-1-3-5-20/h1-9,16-18H,10-15,19H2. The highest BCUT2D eigenvalue weighted by atomic mass is 35.5. The SMILES string of the molecule is O=c1c2cc(N3CCOCC3)ccc2nc(SCc2cc(=O)n3cc(Cl)ccc3n2)n1CCc1ccccc1. The molecule has 1 saturated heterocycles. The normalized spacial score (nSPS) is 13.8. The number of aryl methyl sites for hydroxylation is 1. The summed E-state index contributed by atoms with van der Waals surface area (Å²) in [5.41, 5.74) is 3.64. The topological polar surface area (TPSA) is 81.7 Å². The first-order valence-electron chi connectivity index (χ1n) is 12.8. The average Bonchev–Trinajstić information content (AvgIpc) is 2.97. The molecule has 8 nitrogen and oxygen atoms in total. The molecule has 0 N–H and O–H groups in total. The quantitative estimate of drug-likeness (QED) is 0.215. The van der Waals surface area contributed by atoms with Gasteiger partial charge in [-0.3, -0.25) is 18.6 Å². The molecule has 10 heteroatoms. The third kappa shape index (κ3) is 5.56. The van der Waals surface area contributed by atoms with Gasteiger partial charge in [-0.2, -0.15) is 0 Å². The van der Waals surface area contributed by atoms with Crippen LogP contribution in [-0.2, 0) is 23.5 Å². The molecular formula is C29H26ClN5O3S. The molecule has 0 bridgehead atoms. The summed E-state index contributed by atoms with van der Waals surface area (Å²) in [6.07, 6.45) is 2.25. The lowest BCUT2D eigenvalue weighted by molar-refractivity contribution is 0.122. The number of benzene rings is 2. The second-order valence-corrected chi connectivity index (χ2v) is 10.7. The first-order valence-corrected chi connectivity index (χ1v) is 14.1. The lowest BCUT2D eigenvalue weighted by Gasteiger charge is -2.29. The van der Waals surface area contributed by atoms with Gasteiger partial charge in [-0.05, 0) is 42.3 Å². The highest BCUT2D eigenvalue weighted by molar-refractivity contribution is 7.98. The highest BCUT2D eigenvalue weighted by Gasteiger charge is 2.17. The molecule has 1 fully saturated rings. The zero-order chi connectivity index (χ0) is 26.8. The molecule has 2 aromatic carbocycles. The Kier molecular flexibility index (Phi) is 7.36. The summed E-state index contributed by atoms with van der Waals surface area (Å²) in [4.78, 5) is 38.3. The maximum absolute atomic E-state index is 13.9. The van der Waals surface area contributed by atoms with E-state index in [0.717, 1.165) is 24.3 Å². The van der Waals surface area contributed by atoms with Crippen LogP contribution in [0.4, 0.5) is 5.69 Å². The van der Waals surface area contributed by atoms with Gasteiger partial charge in [0.15, 0.2) is 5.16 Å². The Hall–Kier alpha value is -3.66. The lowest BCUT2D eigenvalue weighted by atomic mass is 10.1. The molecule has 1 aliphatic rings. The third-order valence-electron chi connectivity index (χ3n) is 6.77. The van der Waals surface area contributed by atoms with Crippen molar-refractivity contribution in [3.63, 3.8) is 0 Å². The molecule has 0 saturated carbocycles. The van der Waals surface area contributed by atoms with Crippen molar-refractivity contribution in [1.29, 1.82) is 0 Å². The third-order valence-corrected chi connectivity index (χ3v) is 8.01. The zero-order valence-electron chi connectivity index (χ0n) is 21.1. The van der Waals surface area contributed by atoms with Gasteiger partial charge in [-0.25, -0.2) is 9.97 Å². The van der Waals surface area contributed by atoms with Gasteiger partial charge < -0.3 is 9.64 Å². The Morgan fingerprint density at radius 2 is 1.77 bits per heavy atom. The number of halogens is 1. The van der Waals surface area contributed by atoms with Gasteiger partial charge in [0.2, 0.25) is 0 Å². The van der Waals surface area contributed by atoms with Gasteiger partial charge in [-0.1, -0.05) is 53.7 Å². The first kappa shape index (κ1) is 25.6. The van der Waals surface area contributed by atoms with Gasteiger partial charge in [0.05, 0.1) is 34.8 Å². The number of pyridine rings is 1. The molecular weight excluding hydrogens is 534 g/mol. The number of rotatable bonds is 7. The molecule has 198 valence electrons. The van der Waals surface area contributed by atoms with Crippen molar-refractivity contribution in [2.75, 3.05) is 31.2 Å². The summed E-state index contributed by atoms with van der Waals surface area (Å²) >= 11 is 7.44. The van der Waals surface area contributed by atoms with E-state index in [4.69, 9.17) is 21.3 Å². The zero-order valence-corrected chi connectivity index (χ0v) is 22.7. The van der Waals surface area contributed by atoms with E-state index in [0.29, 0.717) is 64.4 Å². The van der Waals surface area contributed by atoms with Crippen LogP contribution in [0, 0.1) is 0 Å². The number of fused-ring (bicyclic) bond motifs is 2. The molecule has 5 aromatic rings. The predicted octanol–water partition coefficient (Wildman–Crippen LogP) is 4.43. The van der Waals surface area contributed by atoms with Crippen LogP contribution >= 0.6 is 23.4 Å². The van der Waals surface area contributed by atoms with E-state index in [1.54, 1.807) is 22.9 Å². The monoisotopic (exact) mass is 559 g/mol. The highest BCUT2D eigenvalue weighted by Crippen LogP contribution is 2.25. The number of nitrogens with zero attached hydrogens (tertiary/aromatic N) is 5. The fraction of sp³-hybridized carbons (Fsp3) is 0.241. The van der Waals surface area contributed by atoms with Crippen LogP contribution in [0.15, 0.2) is 87.7 Å². The second-order valence-electron chi connectivity index (χ2n) is 9.34. The van der Waals surface area contributed by atoms with E-state index in [9.17, 15) is 9.59 Å². The fourth-order valence-electron chi connectivity index (χ4n) is 4.74. The summed E-state index contributed by atoms with van der Waals surface area (Å²) in [6, 6.07) is 20.9. The number of anilines is 1. The van der Waals surface area contributed by atoms with E-state index >= 15 is 0 Å². The van der Waals surface area contributed by atoms with E-state index in [-0.39, 0.29) is 11.1 Å². The molecule has 4 heterocycles. The van der Waals surface area contributed by atoms with Crippen molar-refractivity contribution in [2.45, 2.75) is 23.9 Å². The van der Waals surface area contributed by atoms with Crippen LogP contribution in [0.5, 0.6) is 0 Å². The smallest absolute Gasteiger partial charge is 0.262 e. The summed E-state index contributed by atoms with van der Waals surface area (Å²) in [7, 11) is 0. The van der Waals surface area contributed by atoms with E-state index < -0.39 is 0 Å². The fourth-order valence-corrected chi connectivity index (χ4v) is 5.82. The van der Waals surface area contributed by atoms with Gasteiger partial charge in [0, 0.05) is 43.3 Å². The maximum Gasteiger partial charge on any atom is 0.262 e. The van der Waals surface area contributed by atoms with Crippen molar-refractivity contribution >= 4 is 45.6 Å². The molecule has 0 aliphatic carbocycles. The minimum atomic E-state index is -0.207.